The van der Waals surface area contributed by atoms with Crippen molar-refractivity contribution in [3.63, 3.8) is 0 Å². The summed E-state index contributed by atoms with van der Waals surface area (Å²) in [6, 6.07) is 0. The Labute approximate surface area is 112 Å². The smallest absolute Gasteiger partial charge is 0.0704 e. The highest BCUT2D eigenvalue weighted by Crippen LogP contribution is 2.17. The van der Waals surface area contributed by atoms with Gasteiger partial charge in [0.15, 0.2) is 0 Å². The minimum absolute atomic E-state index is 0.462. The fourth-order valence-corrected chi connectivity index (χ4v) is 2.80. The van der Waals surface area contributed by atoms with Gasteiger partial charge in [0.25, 0.3) is 0 Å². The zero-order valence-electron chi connectivity index (χ0n) is 12.0. The molecule has 2 atom stereocenters. The lowest BCUT2D eigenvalue weighted by Crippen LogP contribution is -2.45. The Bertz CT molecular complexity index is 229. The molecule has 0 aromatic carbocycles. The van der Waals surface area contributed by atoms with E-state index in [9.17, 15) is 0 Å². The van der Waals surface area contributed by atoms with E-state index in [4.69, 9.17) is 4.74 Å². The van der Waals surface area contributed by atoms with Gasteiger partial charge in [-0.2, -0.15) is 0 Å². The number of hydrogen-bond donors (Lipinski definition) is 1. The Kier molecular flexibility index (Phi) is 5.89. The minimum Gasteiger partial charge on any atom is -0.374 e. The summed E-state index contributed by atoms with van der Waals surface area (Å²) in [5.74, 6) is 0. The second-order valence-electron chi connectivity index (χ2n) is 5.85. The van der Waals surface area contributed by atoms with Crippen LogP contribution in [0.4, 0.5) is 0 Å². The van der Waals surface area contributed by atoms with Crippen LogP contribution in [0.2, 0.25) is 0 Å². The first-order chi connectivity index (χ1) is 8.74. The van der Waals surface area contributed by atoms with Crippen LogP contribution >= 0.6 is 0 Å². The average molecular weight is 255 g/mol. The molecule has 0 aliphatic carbocycles. The van der Waals surface area contributed by atoms with Gasteiger partial charge >= 0.3 is 0 Å². The van der Waals surface area contributed by atoms with Gasteiger partial charge in [0.05, 0.1) is 12.2 Å². The first kappa shape index (κ1) is 14.3. The van der Waals surface area contributed by atoms with Gasteiger partial charge in [-0.25, -0.2) is 0 Å². The molecule has 0 spiro atoms. The van der Waals surface area contributed by atoms with Gasteiger partial charge in [-0.3, -0.25) is 0 Å². The fraction of sp³-hybridized carbons (Fsp3) is 1.00. The highest BCUT2D eigenvalue weighted by molar-refractivity contribution is 4.73. The summed E-state index contributed by atoms with van der Waals surface area (Å²) >= 11 is 0. The van der Waals surface area contributed by atoms with Crippen molar-refractivity contribution in [2.75, 3.05) is 52.9 Å². The van der Waals surface area contributed by atoms with E-state index in [0.717, 1.165) is 13.1 Å². The Morgan fingerprint density at radius 3 is 2.61 bits per heavy atom. The predicted octanol–water partition coefficient (Wildman–Crippen LogP) is 0.781. The van der Waals surface area contributed by atoms with Crippen LogP contribution in [0.5, 0.6) is 0 Å². The molecule has 18 heavy (non-hydrogen) atoms. The number of rotatable bonds is 6. The number of ether oxygens (including phenoxy) is 1. The molecule has 4 nitrogen and oxygen atoms in total. The van der Waals surface area contributed by atoms with Crippen LogP contribution in [0.15, 0.2) is 0 Å². The Balaban J connectivity index is 1.44. The van der Waals surface area contributed by atoms with Crippen LogP contribution in [0, 0.1) is 0 Å². The summed E-state index contributed by atoms with van der Waals surface area (Å²) in [7, 11) is 2.21. The van der Waals surface area contributed by atoms with Crippen molar-refractivity contribution in [1.29, 1.82) is 0 Å². The van der Waals surface area contributed by atoms with Crippen molar-refractivity contribution in [2.24, 2.45) is 0 Å². The summed E-state index contributed by atoms with van der Waals surface area (Å²) in [4.78, 5) is 4.99. The summed E-state index contributed by atoms with van der Waals surface area (Å²) in [6.45, 7) is 10.5. The maximum atomic E-state index is 5.79. The molecule has 2 aliphatic heterocycles. The molecule has 2 heterocycles. The molecule has 2 aliphatic rings. The zero-order chi connectivity index (χ0) is 12.8. The van der Waals surface area contributed by atoms with Gasteiger partial charge in [0, 0.05) is 32.7 Å². The highest BCUT2D eigenvalue weighted by Gasteiger charge is 2.20. The monoisotopic (exact) mass is 255 g/mol. The number of likely N-dealkylation sites (N-methyl/N-ethyl adjacent to an activating group) is 1. The van der Waals surface area contributed by atoms with E-state index in [2.05, 4.69) is 29.1 Å². The van der Waals surface area contributed by atoms with E-state index < -0.39 is 0 Å². The van der Waals surface area contributed by atoms with Gasteiger partial charge < -0.3 is 19.9 Å². The van der Waals surface area contributed by atoms with E-state index in [-0.39, 0.29) is 0 Å². The van der Waals surface area contributed by atoms with E-state index in [1.807, 2.05) is 0 Å². The van der Waals surface area contributed by atoms with Crippen molar-refractivity contribution in [2.45, 2.75) is 38.4 Å². The number of nitrogens with one attached hydrogen (secondary N) is 1. The molecule has 0 aromatic rings. The van der Waals surface area contributed by atoms with E-state index in [1.165, 1.54) is 52.0 Å². The van der Waals surface area contributed by atoms with Crippen LogP contribution in [0.25, 0.3) is 0 Å². The first-order valence-corrected chi connectivity index (χ1v) is 7.51. The third-order valence-corrected chi connectivity index (χ3v) is 4.12. The Morgan fingerprint density at radius 2 is 1.94 bits per heavy atom. The standard InChI is InChI=1S/C14H29N3O/c1-13-4-5-14(18-13)12-15-6-3-7-17-10-8-16(2)9-11-17/h13-15H,3-12H2,1-2H3. The lowest BCUT2D eigenvalue weighted by molar-refractivity contribution is 0.0559. The van der Waals surface area contributed by atoms with E-state index >= 15 is 0 Å². The van der Waals surface area contributed by atoms with Crippen LogP contribution in [0.3, 0.4) is 0 Å². The fourth-order valence-electron chi connectivity index (χ4n) is 2.80. The molecule has 2 unspecified atom stereocenters. The Morgan fingerprint density at radius 1 is 1.17 bits per heavy atom. The lowest BCUT2D eigenvalue weighted by atomic mass is 10.2. The third-order valence-electron chi connectivity index (χ3n) is 4.12. The molecular weight excluding hydrogens is 226 g/mol. The summed E-state index contributed by atoms with van der Waals surface area (Å²) in [5, 5.41) is 3.53. The van der Waals surface area contributed by atoms with Crippen molar-refractivity contribution in [1.82, 2.24) is 15.1 Å². The molecule has 106 valence electrons. The highest BCUT2D eigenvalue weighted by atomic mass is 16.5. The molecule has 2 fully saturated rings. The largest absolute Gasteiger partial charge is 0.374 e. The second-order valence-corrected chi connectivity index (χ2v) is 5.85. The average Bonchev–Trinajstić information content (AvgIpc) is 2.77. The maximum absolute atomic E-state index is 5.79. The van der Waals surface area contributed by atoms with Crippen molar-refractivity contribution in [3.8, 4) is 0 Å². The molecule has 1 N–H and O–H groups in total. The van der Waals surface area contributed by atoms with Crippen LogP contribution in [-0.4, -0.2) is 74.9 Å². The minimum atomic E-state index is 0.462. The number of hydrogen-bond acceptors (Lipinski definition) is 4. The predicted molar refractivity (Wildman–Crippen MR) is 75.0 cm³/mol. The van der Waals surface area contributed by atoms with Crippen LogP contribution in [-0.2, 0) is 4.74 Å². The van der Waals surface area contributed by atoms with Gasteiger partial charge in [-0.15, -0.1) is 0 Å². The van der Waals surface area contributed by atoms with E-state index in [0.29, 0.717) is 12.2 Å². The zero-order valence-corrected chi connectivity index (χ0v) is 12.0. The summed E-state index contributed by atoms with van der Waals surface area (Å²) < 4.78 is 5.79. The van der Waals surface area contributed by atoms with Gasteiger partial charge in [-0.1, -0.05) is 0 Å². The van der Waals surface area contributed by atoms with Gasteiger partial charge in [0.1, 0.15) is 0 Å². The second kappa shape index (κ2) is 7.43. The van der Waals surface area contributed by atoms with Crippen LogP contribution < -0.4 is 5.32 Å². The molecule has 0 radical (unpaired) electrons. The van der Waals surface area contributed by atoms with Crippen LogP contribution in [0.1, 0.15) is 26.2 Å². The van der Waals surface area contributed by atoms with Crippen molar-refractivity contribution < 1.29 is 4.74 Å². The topological polar surface area (TPSA) is 27.7 Å². The number of nitrogens with zero attached hydrogens (tertiary/aromatic N) is 2. The molecule has 2 rings (SSSR count). The molecule has 4 heteroatoms. The normalized spacial score (nSPS) is 31.0. The molecule has 0 bridgehead atoms. The third kappa shape index (κ3) is 4.84. The molecule has 0 aromatic heterocycles. The lowest BCUT2D eigenvalue weighted by Gasteiger charge is -2.32. The van der Waals surface area contributed by atoms with E-state index in [1.54, 1.807) is 0 Å². The molecule has 0 saturated carbocycles. The van der Waals surface area contributed by atoms with Gasteiger partial charge in [-0.05, 0) is 46.3 Å². The van der Waals surface area contributed by atoms with Crippen molar-refractivity contribution >= 4 is 0 Å². The number of piperazine rings is 1. The Hall–Kier alpha value is -0.160. The summed E-state index contributed by atoms with van der Waals surface area (Å²) in [6.07, 6.45) is 4.65. The van der Waals surface area contributed by atoms with Gasteiger partial charge in [0.2, 0.25) is 0 Å². The molecular formula is C14H29N3O. The first-order valence-electron chi connectivity index (χ1n) is 7.51. The SMILES string of the molecule is CC1CCC(CNCCCN2CCN(C)CC2)O1. The van der Waals surface area contributed by atoms with Crippen molar-refractivity contribution in [3.05, 3.63) is 0 Å². The molecule has 2 saturated heterocycles. The maximum Gasteiger partial charge on any atom is 0.0704 e. The molecule has 0 amide bonds. The quantitative estimate of drug-likeness (QED) is 0.710. The summed E-state index contributed by atoms with van der Waals surface area (Å²) in [5.41, 5.74) is 0.